The fourth-order valence-electron chi connectivity index (χ4n) is 1.13. The van der Waals surface area contributed by atoms with Crippen molar-refractivity contribution in [3.05, 3.63) is 17.5 Å². The maximum absolute atomic E-state index is 11.6. The Morgan fingerprint density at radius 1 is 1.62 bits per heavy atom. The van der Waals surface area contributed by atoms with Gasteiger partial charge in [0.25, 0.3) is 5.91 Å². The van der Waals surface area contributed by atoms with Crippen molar-refractivity contribution in [1.82, 2.24) is 14.7 Å². The van der Waals surface area contributed by atoms with Crippen LogP contribution in [0, 0.1) is 0 Å². The van der Waals surface area contributed by atoms with Crippen LogP contribution in [0.2, 0.25) is 0 Å². The van der Waals surface area contributed by atoms with E-state index in [4.69, 9.17) is 0 Å². The number of aromatic nitrogens is 2. The normalized spacial score (nSPS) is 10.2. The maximum Gasteiger partial charge on any atom is 0.271 e. The van der Waals surface area contributed by atoms with Crippen LogP contribution in [0.3, 0.4) is 0 Å². The van der Waals surface area contributed by atoms with Crippen molar-refractivity contribution < 1.29 is 4.79 Å². The predicted octanol–water partition coefficient (Wildman–Crippen LogP) is 0.684. The highest BCUT2D eigenvalue weighted by Gasteiger charge is 2.13. The zero-order valence-corrected chi connectivity index (χ0v) is 8.53. The van der Waals surface area contributed by atoms with Gasteiger partial charge in [-0.25, -0.2) is 0 Å². The molecule has 0 N–H and O–H groups in total. The van der Waals surface area contributed by atoms with E-state index in [1.807, 2.05) is 13.0 Å². The second kappa shape index (κ2) is 3.60. The molecule has 0 saturated heterocycles. The van der Waals surface area contributed by atoms with Gasteiger partial charge in [0.1, 0.15) is 5.69 Å². The first-order valence-electron chi connectivity index (χ1n) is 4.30. The number of nitrogens with zero attached hydrogens (tertiary/aromatic N) is 3. The molecule has 0 aliphatic carbocycles. The summed E-state index contributed by atoms with van der Waals surface area (Å²) in [5.41, 5.74) is 1.59. The third-order valence-corrected chi connectivity index (χ3v) is 1.92. The average molecular weight is 181 g/mol. The van der Waals surface area contributed by atoms with Crippen LogP contribution in [-0.2, 0) is 13.5 Å². The summed E-state index contributed by atoms with van der Waals surface area (Å²) in [4.78, 5) is 13.1. The molecule has 0 atom stereocenters. The molecule has 1 rings (SSSR count). The highest BCUT2D eigenvalue weighted by molar-refractivity contribution is 5.92. The quantitative estimate of drug-likeness (QED) is 0.673. The molecule has 4 heteroatoms. The number of hydrogen-bond donors (Lipinski definition) is 0. The largest absolute Gasteiger partial charge is 0.343 e. The van der Waals surface area contributed by atoms with E-state index in [0.717, 1.165) is 12.1 Å². The third-order valence-electron chi connectivity index (χ3n) is 1.92. The molecule has 1 aromatic rings. The van der Waals surface area contributed by atoms with Crippen molar-refractivity contribution in [3.8, 4) is 0 Å². The molecule has 0 spiro atoms. The third kappa shape index (κ3) is 1.88. The molecule has 0 unspecified atom stereocenters. The lowest BCUT2D eigenvalue weighted by Gasteiger charge is -2.09. The minimum Gasteiger partial charge on any atom is -0.343 e. The van der Waals surface area contributed by atoms with E-state index < -0.39 is 0 Å². The smallest absolute Gasteiger partial charge is 0.271 e. The van der Waals surface area contributed by atoms with Crippen LogP contribution in [0.15, 0.2) is 6.07 Å². The van der Waals surface area contributed by atoms with Gasteiger partial charge in [-0.2, -0.15) is 5.10 Å². The van der Waals surface area contributed by atoms with Crippen LogP contribution < -0.4 is 0 Å². The summed E-state index contributed by atoms with van der Waals surface area (Å²) in [5.74, 6) is -0.00491. The van der Waals surface area contributed by atoms with E-state index in [1.54, 1.807) is 30.7 Å². The molecule has 13 heavy (non-hydrogen) atoms. The van der Waals surface area contributed by atoms with Gasteiger partial charge in [-0.05, 0) is 12.5 Å². The Morgan fingerprint density at radius 2 is 2.23 bits per heavy atom. The number of rotatable bonds is 2. The summed E-state index contributed by atoms with van der Waals surface area (Å²) < 4.78 is 1.63. The first kappa shape index (κ1) is 9.77. The Morgan fingerprint density at radius 3 is 2.62 bits per heavy atom. The van der Waals surface area contributed by atoms with Crippen molar-refractivity contribution in [2.75, 3.05) is 14.1 Å². The van der Waals surface area contributed by atoms with Crippen LogP contribution in [0.1, 0.15) is 23.1 Å². The number of carbonyl (C=O) groups excluding carboxylic acids is 1. The lowest BCUT2D eigenvalue weighted by molar-refractivity contribution is 0.0817. The molecular weight excluding hydrogens is 166 g/mol. The van der Waals surface area contributed by atoms with Gasteiger partial charge in [0.05, 0.1) is 5.69 Å². The van der Waals surface area contributed by atoms with Crippen molar-refractivity contribution in [2.24, 2.45) is 7.05 Å². The molecule has 0 fully saturated rings. The van der Waals surface area contributed by atoms with Gasteiger partial charge in [-0.3, -0.25) is 9.48 Å². The van der Waals surface area contributed by atoms with E-state index in [0.29, 0.717) is 5.69 Å². The number of aryl methyl sites for hydroxylation is 2. The van der Waals surface area contributed by atoms with Gasteiger partial charge < -0.3 is 4.90 Å². The van der Waals surface area contributed by atoms with E-state index >= 15 is 0 Å². The summed E-state index contributed by atoms with van der Waals surface area (Å²) in [7, 11) is 5.26. The van der Waals surface area contributed by atoms with Crippen LogP contribution in [0.4, 0.5) is 0 Å². The van der Waals surface area contributed by atoms with E-state index in [2.05, 4.69) is 5.10 Å². The van der Waals surface area contributed by atoms with Crippen molar-refractivity contribution >= 4 is 5.91 Å². The average Bonchev–Trinajstić information content (AvgIpc) is 2.45. The Hall–Kier alpha value is -1.32. The van der Waals surface area contributed by atoms with Crippen LogP contribution in [0.5, 0.6) is 0 Å². The molecule has 1 heterocycles. The lowest BCUT2D eigenvalue weighted by atomic mass is 10.3. The van der Waals surface area contributed by atoms with Gasteiger partial charge >= 0.3 is 0 Å². The SMILES string of the molecule is CCc1cc(C(=O)N(C)C)n(C)n1. The lowest BCUT2D eigenvalue weighted by Crippen LogP contribution is -2.24. The van der Waals surface area contributed by atoms with Gasteiger partial charge in [-0.1, -0.05) is 6.92 Å². The van der Waals surface area contributed by atoms with Crippen LogP contribution in [-0.4, -0.2) is 34.7 Å². The molecule has 0 saturated carbocycles. The summed E-state index contributed by atoms with van der Waals surface area (Å²) in [5, 5.41) is 4.20. The topological polar surface area (TPSA) is 38.1 Å². The predicted molar refractivity (Wildman–Crippen MR) is 50.6 cm³/mol. The Bertz CT molecular complexity index is 315. The zero-order chi connectivity index (χ0) is 10.0. The van der Waals surface area contributed by atoms with E-state index in [9.17, 15) is 4.79 Å². The molecule has 1 aromatic heterocycles. The summed E-state index contributed by atoms with van der Waals surface area (Å²) in [6, 6.07) is 1.84. The van der Waals surface area contributed by atoms with Gasteiger partial charge in [0.2, 0.25) is 0 Å². The monoisotopic (exact) mass is 181 g/mol. The molecule has 0 bridgehead atoms. The van der Waals surface area contributed by atoms with Crippen LogP contribution in [0.25, 0.3) is 0 Å². The second-order valence-corrected chi connectivity index (χ2v) is 3.20. The van der Waals surface area contributed by atoms with Gasteiger partial charge in [0.15, 0.2) is 0 Å². The molecule has 0 aromatic carbocycles. The minimum atomic E-state index is -0.00491. The highest BCUT2D eigenvalue weighted by Crippen LogP contribution is 2.05. The van der Waals surface area contributed by atoms with Gasteiger partial charge in [0, 0.05) is 21.1 Å². The first-order chi connectivity index (χ1) is 6.06. The first-order valence-corrected chi connectivity index (χ1v) is 4.30. The second-order valence-electron chi connectivity index (χ2n) is 3.20. The summed E-state index contributed by atoms with van der Waals surface area (Å²) >= 11 is 0. The molecule has 4 nitrogen and oxygen atoms in total. The van der Waals surface area contributed by atoms with E-state index in [1.165, 1.54) is 0 Å². The van der Waals surface area contributed by atoms with Crippen molar-refractivity contribution in [1.29, 1.82) is 0 Å². The molecular formula is C9H15N3O. The Balaban J connectivity index is 3.00. The van der Waals surface area contributed by atoms with Gasteiger partial charge in [-0.15, -0.1) is 0 Å². The Kier molecular flexibility index (Phi) is 2.70. The number of hydrogen-bond acceptors (Lipinski definition) is 2. The minimum absolute atomic E-state index is 0.00491. The molecule has 72 valence electrons. The highest BCUT2D eigenvalue weighted by atomic mass is 16.2. The van der Waals surface area contributed by atoms with E-state index in [-0.39, 0.29) is 5.91 Å². The summed E-state index contributed by atoms with van der Waals surface area (Å²) in [6.07, 6.45) is 0.856. The van der Waals surface area contributed by atoms with Crippen molar-refractivity contribution in [2.45, 2.75) is 13.3 Å². The molecule has 0 radical (unpaired) electrons. The standard InChI is InChI=1S/C9H15N3O/c1-5-7-6-8(12(4)10-7)9(13)11(2)3/h6H,5H2,1-4H3. The summed E-state index contributed by atoms with van der Waals surface area (Å²) in [6.45, 7) is 2.02. The fraction of sp³-hybridized carbons (Fsp3) is 0.556. The Labute approximate surface area is 78.1 Å². The van der Waals surface area contributed by atoms with Crippen LogP contribution >= 0.6 is 0 Å². The molecule has 1 amide bonds. The molecule has 0 aliphatic rings. The zero-order valence-electron chi connectivity index (χ0n) is 8.53. The maximum atomic E-state index is 11.6. The fourth-order valence-corrected chi connectivity index (χ4v) is 1.13. The molecule has 0 aliphatic heterocycles. The van der Waals surface area contributed by atoms with Crippen molar-refractivity contribution in [3.63, 3.8) is 0 Å². The number of amides is 1. The number of carbonyl (C=O) groups is 1.